The summed E-state index contributed by atoms with van der Waals surface area (Å²) in [5.41, 5.74) is 1.27. The van der Waals surface area contributed by atoms with E-state index in [1.165, 1.54) is 0 Å². The van der Waals surface area contributed by atoms with Crippen molar-refractivity contribution in [2.75, 3.05) is 43.1 Å². The Bertz CT molecular complexity index is 1190. The van der Waals surface area contributed by atoms with E-state index in [0.717, 1.165) is 5.69 Å². The molecule has 178 valence electrons. The number of halogens is 2. The molecule has 0 atom stereocenters. The SMILES string of the molecule is CCOc1cc(Br)c(Br)c(/C(=N\N)c2nc(Nc3ccccc3)nc(N3CCOCC3)n2)c1O. The lowest BCUT2D eigenvalue weighted by molar-refractivity contribution is 0.122. The lowest BCUT2D eigenvalue weighted by atomic mass is 10.1. The fraction of sp³-hybridized carbons (Fsp3) is 0.273. The number of morpholine rings is 1. The van der Waals surface area contributed by atoms with Gasteiger partial charge in [0.25, 0.3) is 0 Å². The van der Waals surface area contributed by atoms with E-state index in [-0.39, 0.29) is 23.0 Å². The fourth-order valence-corrected chi connectivity index (χ4v) is 4.29. The molecule has 0 bridgehead atoms. The van der Waals surface area contributed by atoms with Gasteiger partial charge in [0.05, 0.1) is 25.4 Å². The molecule has 12 heteroatoms. The fourth-order valence-electron chi connectivity index (χ4n) is 3.39. The van der Waals surface area contributed by atoms with E-state index in [9.17, 15) is 5.11 Å². The van der Waals surface area contributed by atoms with Gasteiger partial charge in [-0.05, 0) is 57.0 Å². The van der Waals surface area contributed by atoms with Gasteiger partial charge in [-0.15, -0.1) is 0 Å². The molecule has 2 heterocycles. The highest BCUT2D eigenvalue weighted by atomic mass is 79.9. The first kappa shape index (κ1) is 24.2. The molecule has 0 radical (unpaired) electrons. The third kappa shape index (κ3) is 5.24. The molecule has 1 saturated heterocycles. The number of nitrogens with one attached hydrogen (secondary N) is 1. The molecule has 0 amide bonds. The standard InChI is InChI=1S/C22H23Br2N7O3/c1-2-34-15-12-14(23)17(24)16(19(15)32)18(30-25)20-27-21(26-13-6-4-3-5-7-13)29-22(28-20)31-8-10-33-11-9-31/h3-7,12,32H,2,8-11,25H2,1H3,(H,26,27,28,29)/b30-18+. The Morgan fingerprint density at radius 3 is 2.62 bits per heavy atom. The van der Waals surface area contributed by atoms with Gasteiger partial charge in [0.1, 0.15) is 5.71 Å². The summed E-state index contributed by atoms with van der Waals surface area (Å²) in [4.78, 5) is 15.8. The minimum absolute atomic E-state index is 0.132. The number of hydrogen-bond acceptors (Lipinski definition) is 10. The van der Waals surface area contributed by atoms with E-state index < -0.39 is 0 Å². The second-order valence-electron chi connectivity index (χ2n) is 7.18. The van der Waals surface area contributed by atoms with E-state index in [1.807, 2.05) is 42.2 Å². The zero-order chi connectivity index (χ0) is 24.1. The van der Waals surface area contributed by atoms with Gasteiger partial charge >= 0.3 is 0 Å². The third-order valence-electron chi connectivity index (χ3n) is 4.98. The zero-order valence-electron chi connectivity index (χ0n) is 18.3. The molecule has 1 aromatic heterocycles. The number of nitrogens with two attached hydrogens (primary N) is 1. The number of aromatic hydroxyl groups is 1. The summed E-state index contributed by atoms with van der Waals surface area (Å²) in [7, 11) is 0. The molecule has 1 aliphatic rings. The van der Waals surface area contributed by atoms with Crippen LogP contribution in [0.25, 0.3) is 0 Å². The van der Waals surface area contributed by atoms with Crippen molar-refractivity contribution < 1.29 is 14.6 Å². The number of phenolic OH excluding ortho intramolecular Hbond substituents is 1. The van der Waals surface area contributed by atoms with Crippen LogP contribution in [0.3, 0.4) is 0 Å². The van der Waals surface area contributed by atoms with Crippen LogP contribution in [0.15, 0.2) is 50.4 Å². The van der Waals surface area contributed by atoms with E-state index >= 15 is 0 Å². The number of rotatable bonds is 7. The van der Waals surface area contributed by atoms with Crippen molar-refractivity contribution in [1.29, 1.82) is 0 Å². The first-order valence-corrected chi connectivity index (χ1v) is 12.1. The maximum absolute atomic E-state index is 11.0. The van der Waals surface area contributed by atoms with Gasteiger partial charge in [0.15, 0.2) is 17.3 Å². The number of benzene rings is 2. The molecular weight excluding hydrogens is 570 g/mol. The Morgan fingerprint density at radius 1 is 1.21 bits per heavy atom. The highest BCUT2D eigenvalue weighted by Gasteiger charge is 2.26. The van der Waals surface area contributed by atoms with Crippen LogP contribution >= 0.6 is 31.9 Å². The minimum Gasteiger partial charge on any atom is -0.504 e. The molecule has 0 spiro atoms. The second kappa shape index (κ2) is 11.0. The van der Waals surface area contributed by atoms with Crippen molar-refractivity contribution >= 4 is 55.2 Å². The van der Waals surface area contributed by atoms with Crippen LogP contribution in [0.1, 0.15) is 18.3 Å². The smallest absolute Gasteiger partial charge is 0.232 e. The number of nitrogens with zero attached hydrogens (tertiary/aromatic N) is 5. The third-order valence-corrected chi connectivity index (χ3v) is 6.96. The maximum atomic E-state index is 11.0. The predicted molar refractivity (Wildman–Crippen MR) is 137 cm³/mol. The Labute approximate surface area is 213 Å². The summed E-state index contributed by atoms with van der Waals surface area (Å²) >= 11 is 7.00. The zero-order valence-corrected chi connectivity index (χ0v) is 21.5. The minimum atomic E-state index is -0.132. The molecule has 1 aliphatic heterocycles. The summed E-state index contributed by atoms with van der Waals surface area (Å²) in [5, 5.41) is 18.1. The van der Waals surface area contributed by atoms with Crippen molar-refractivity contribution in [1.82, 2.24) is 15.0 Å². The van der Waals surface area contributed by atoms with Crippen molar-refractivity contribution in [3.05, 3.63) is 56.7 Å². The highest BCUT2D eigenvalue weighted by molar-refractivity contribution is 9.13. The van der Waals surface area contributed by atoms with Crippen LogP contribution in [-0.2, 0) is 4.74 Å². The Kier molecular flexibility index (Phi) is 7.80. The number of ether oxygens (including phenoxy) is 2. The number of hydrazone groups is 1. The first-order valence-electron chi connectivity index (χ1n) is 10.5. The first-order chi connectivity index (χ1) is 16.5. The second-order valence-corrected chi connectivity index (χ2v) is 8.83. The highest BCUT2D eigenvalue weighted by Crippen LogP contribution is 2.41. The van der Waals surface area contributed by atoms with E-state index in [4.69, 9.17) is 15.3 Å². The summed E-state index contributed by atoms with van der Waals surface area (Å²) in [6.07, 6.45) is 0. The lowest BCUT2D eigenvalue weighted by Crippen LogP contribution is -2.38. The van der Waals surface area contributed by atoms with E-state index in [2.05, 4.69) is 57.2 Å². The lowest BCUT2D eigenvalue weighted by Gasteiger charge is -2.27. The van der Waals surface area contributed by atoms with Crippen LogP contribution in [0.5, 0.6) is 11.5 Å². The number of anilines is 3. The molecule has 0 unspecified atom stereocenters. The monoisotopic (exact) mass is 591 g/mol. The quantitative estimate of drug-likeness (QED) is 0.213. The molecule has 4 N–H and O–H groups in total. The van der Waals surface area contributed by atoms with Crippen LogP contribution in [0.2, 0.25) is 0 Å². The van der Waals surface area contributed by atoms with Crippen molar-refractivity contribution in [2.45, 2.75) is 6.92 Å². The molecule has 4 rings (SSSR count). The number of aromatic nitrogens is 3. The molecule has 0 aliphatic carbocycles. The van der Waals surface area contributed by atoms with Crippen molar-refractivity contribution in [2.24, 2.45) is 10.9 Å². The Balaban J connectivity index is 1.84. The molecule has 0 saturated carbocycles. The van der Waals surface area contributed by atoms with Gasteiger partial charge in [-0.25, -0.2) is 0 Å². The average Bonchev–Trinajstić information content (AvgIpc) is 2.86. The van der Waals surface area contributed by atoms with Gasteiger partial charge in [-0.3, -0.25) is 0 Å². The van der Waals surface area contributed by atoms with Crippen LogP contribution in [0, 0.1) is 0 Å². The molecule has 10 nitrogen and oxygen atoms in total. The largest absolute Gasteiger partial charge is 0.504 e. The molecule has 2 aromatic carbocycles. The topological polar surface area (TPSA) is 131 Å². The Morgan fingerprint density at radius 2 is 1.94 bits per heavy atom. The normalized spacial score (nSPS) is 14.2. The van der Waals surface area contributed by atoms with Gasteiger partial charge in [0, 0.05) is 27.7 Å². The van der Waals surface area contributed by atoms with Crippen LogP contribution in [-0.4, -0.2) is 58.7 Å². The molecule has 3 aromatic rings. The summed E-state index contributed by atoms with van der Waals surface area (Å²) < 4.78 is 12.2. The van der Waals surface area contributed by atoms with Crippen LogP contribution < -0.4 is 20.8 Å². The molecule has 34 heavy (non-hydrogen) atoms. The van der Waals surface area contributed by atoms with Gasteiger partial charge in [-0.1, -0.05) is 18.2 Å². The molecular formula is C22H23Br2N7O3. The Hall–Kier alpha value is -2.96. The number of para-hydroxylation sites is 1. The van der Waals surface area contributed by atoms with Crippen molar-refractivity contribution in [3.8, 4) is 11.5 Å². The average molecular weight is 593 g/mol. The van der Waals surface area contributed by atoms with Gasteiger partial charge in [0.2, 0.25) is 11.9 Å². The summed E-state index contributed by atoms with van der Waals surface area (Å²) in [5.74, 6) is 6.92. The predicted octanol–water partition coefficient (Wildman–Crippen LogP) is 3.79. The van der Waals surface area contributed by atoms with Gasteiger partial charge < -0.3 is 30.6 Å². The number of hydrogen-bond donors (Lipinski definition) is 3. The van der Waals surface area contributed by atoms with E-state index in [0.29, 0.717) is 59.3 Å². The molecule has 1 fully saturated rings. The maximum Gasteiger partial charge on any atom is 0.232 e. The van der Waals surface area contributed by atoms with Gasteiger partial charge in [-0.2, -0.15) is 20.1 Å². The summed E-state index contributed by atoms with van der Waals surface area (Å²) in [6.45, 7) is 4.59. The summed E-state index contributed by atoms with van der Waals surface area (Å²) in [6, 6.07) is 11.2. The van der Waals surface area contributed by atoms with Crippen LogP contribution in [0.4, 0.5) is 17.6 Å². The number of phenols is 1. The van der Waals surface area contributed by atoms with E-state index in [1.54, 1.807) is 6.07 Å². The van der Waals surface area contributed by atoms with Crippen molar-refractivity contribution in [3.63, 3.8) is 0 Å².